The number of benzene rings is 1. The third kappa shape index (κ3) is 4.91. The smallest absolute Gasteiger partial charge is 0.324 e. The van der Waals surface area contributed by atoms with Gasteiger partial charge in [-0.2, -0.15) is 0 Å². The zero-order chi connectivity index (χ0) is 20.9. The number of carbonyl (C=O) groups excluding carboxylic acids is 2. The van der Waals surface area contributed by atoms with Crippen molar-refractivity contribution in [3.8, 4) is 5.75 Å². The normalized spacial score (nSPS) is 19.6. The van der Waals surface area contributed by atoms with E-state index in [9.17, 15) is 9.59 Å². The second-order valence-electron chi connectivity index (χ2n) is 8.31. The zero-order valence-corrected chi connectivity index (χ0v) is 18.1. The molecule has 2 aliphatic heterocycles. The fourth-order valence-electron chi connectivity index (χ4n) is 4.52. The first-order valence-corrected chi connectivity index (χ1v) is 11.4. The molecule has 0 saturated carbocycles. The number of nitrogens with zero attached hydrogens (tertiary/aromatic N) is 2. The summed E-state index contributed by atoms with van der Waals surface area (Å²) >= 11 is 6.12. The van der Waals surface area contributed by atoms with Crippen molar-refractivity contribution in [3.63, 3.8) is 0 Å². The number of amides is 3. The van der Waals surface area contributed by atoms with Crippen molar-refractivity contribution in [3.05, 3.63) is 34.9 Å². The summed E-state index contributed by atoms with van der Waals surface area (Å²) in [6, 6.07) is 5.31. The van der Waals surface area contributed by atoms with Crippen LogP contribution in [0.5, 0.6) is 5.75 Å². The molecule has 4 rings (SSSR count). The number of fused-ring (bicyclic) bond motifs is 1. The van der Waals surface area contributed by atoms with E-state index >= 15 is 0 Å². The zero-order valence-electron chi connectivity index (χ0n) is 17.4. The first kappa shape index (κ1) is 21.0. The van der Waals surface area contributed by atoms with Gasteiger partial charge in [0.05, 0.1) is 12.2 Å². The second-order valence-corrected chi connectivity index (χ2v) is 8.74. The fraction of sp³-hybridized carbons (Fsp3) is 0.565. The molecule has 3 amide bonds. The SMILES string of the molecule is O=C(NCCC1=CCCCC1)C1CCN(C(=O)N2CCOc3ccc(Cl)cc32)CC1. The van der Waals surface area contributed by atoms with Crippen LogP contribution in [0.2, 0.25) is 5.02 Å². The third-order valence-electron chi connectivity index (χ3n) is 6.28. The van der Waals surface area contributed by atoms with Crippen molar-refractivity contribution in [1.29, 1.82) is 0 Å². The van der Waals surface area contributed by atoms with Crippen molar-refractivity contribution >= 4 is 29.2 Å². The second kappa shape index (κ2) is 9.73. The Morgan fingerprint density at radius 2 is 2.00 bits per heavy atom. The molecule has 0 radical (unpaired) electrons. The molecular weight excluding hydrogens is 402 g/mol. The molecular formula is C23H30ClN3O3. The molecule has 0 aromatic heterocycles. The number of hydrogen-bond acceptors (Lipinski definition) is 3. The highest BCUT2D eigenvalue weighted by molar-refractivity contribution is 6.31. The summed E-state index contributed by atoms with van der Waals surface area (Å²) in [5.41, 5.74) is 2.20. The molecule has 1 aliphatic carbocycles. The Hall–Kier alpha value is -2.21. The summed E-state index contributed by atoms with van der Waals surface area (Å²) in [6.45, 7) is 2.87. The van der Waals surface area contributed by atoms with Crippen LogP contribution in [0.1, 0.15) is 44.9 Å². The molecule has 1 N–H and O–H groups in total. The molecule has 1 aromatic rings. The maximum atomic E-state index is 13.1. The average Bonchev–Trinajstić information content (AvgIpc) is 2.79. The first-order chi connectivity index (χ1) is 14.6. The van der Waals surface area contributed by atoms with Gasteiger partial charge in [0.15, 0.2) is 0 Å². The molecule has 30 heavy (non-hydrogen) atoms. The van der Waals surface area contributed by atoms with Gasteiger partial charge in [0.1, 0.15) is 12.4 Å². The van der Waals surface area contributed by atoms with Crippen LogP contribution < -0.4 is 15.0 Å². The van der Waals surface area contributed by atoms with Gasteiger partial charge in [0.25, 0.3) is 0 Å². The predicted molar refractivity (Wildman–Crippen MR) is 118 cm³/mol. The minimum atomic E-state index is -0.0371. The van der Waals surface area contributed by atoms with Gasteiger partial charge in [0.2, 0.25) is 5.91 Å². The Bertz CT molecular complexity index is 818. The Balaban J connectivity index is 1.26. The molecule has 6 nitrogen and oxygen atoms in total. The van der Waals surface area contributed by atoms with Crippen LogP contribution in [0.4, 0.5) is 10.5 Å². The minimum Gasteiger partial charge on any atom is -0.490 e. The van der Waals surface area contributed by atoms with Crippen LogP contribution in [-0.4, -0.2) is 49.6 Å². The molecule has 162 valence electrons. The lowest BCUT2D eigenvalue weighted by Gasteiger charge is -2.37. The molecule has 0 spiro atoms. The maximum absolute atomic E-state index is 13.1. The average molecular weight is 432 g/mol. The van der Waals surface area contributed by atoms with E-state index in [4.69, 9.17) is 16.3 Å². The lowest BCUT2D eigenvalue weighted by Crippen LogP contribution is -2.50. The largest absolute Gasteiger partial charge is 0.490 e. The van der Waals surface area contributed by atoms with Crippen LogP contribution in [-0.2, 0) is 4.79 Å². The molecule has 0 bridgehead atoms. The maximum Gasteiger partial charge on any atom is 0.324 e. The van der Waals surface area contributed by atoms with Gasteiger partial charge in [-0.15, -0.1) is 0 Å². The number of allylic oxidation sites excluding steroid dienone is 1. The summed E-state index contributed by atoms with van der Waals surface area (Å²) in [5, 5.41) is 3.68. The molecule has 1 fully saturated rings. The van der Waals surface area contributed by atoms with Crippen molar-refractivity contribution in [2.45, 2.75) is 44.9 Å². The Labute approximate surface area is 183 Å². The summed E-state index contributed by atoms with van der Waals surface area (Å²) < 4.78 is 5.65. The van der Waals surface area contributed by atoms with Gasteiger partial charge in [-0.1, -0.05) is 23.3 Å². The van der Waals surface area contributed by atoms with Gasteiger partial charge in [-0.3, -0.25) is 9.69 Å². The van der Waals surface area contributed by atoms with Gasteiger partial charge >= 0.3 is 6.03 Å². The highest BCUT2D eigenvalue weighted by Gasteiger charge is 2.32. The highest BCUT2D eigenvalue weighted by atomic mass is 35.5. The topological polar surface area (TPSA) is 61.9 Å². The summed E-state index contributed by atoms with van der Waals surface area (Å²) in [7, 11) is 0. The van der Waals surface area contributed by atoms with Crippen LogP contribution in [0, 0.1) is 5.92 Å². The summed E-state index contributed by atoms with van der Waals surface area (Å²) in [5.74, 6) is 0.796. The van der Waals surface area contributed by atoms with Crippen LogP contribution in [0.25, 0.3) is 0 Å². The van der Waals surface area contributed by atoms with Crippen molar-refractivity contribution in [2.75, 3.05) is 37.7 Å². The van der Waals surface area contributed by atoms with Crippen LogP contribution in [0.15, 0.2) is 29.8 Å². The Morgan fingerprint density at radius 1 is 1.17 bits per heavy atom. The molecule has 2 heterocycles. The first-order valence-electron chi connectivity index (χ1n) is 11.1. The summed E-state index contributed by atoms with van der Waals surface area (Å²) in [4.78, 5) is 29.2. The molecule has 0 atom stereocenters. The predicted octanol–water partition coefficient (Wildman–Crippen LogP) is 4.38. The third-order valence-corrected chi connectivity index (χ3v) is 6.52. The fourth-order valence-corrected chi connectivity index (χ4v) is 4.68. The Morgan fingerprint density at radius 3 is 2.77 bits per heavy atom. The van der Waals surface area contributed by atoms with Gasteiger partial charge in [-0.25, -0.2) is 4.79 Å². The highest BCUT2D eigenvalue weighted by Crippen LogP contribution is 2.35. The van der Waals surface area contributed by atoms with E-state index in [0.717, 1.165) is 18.7 Å². The molecule has 1 saturated heterocycles. The Kier molecular flexibility index (Phi) is 6.82. The number of nitrogens with one attached hydrogen (secondary N) is 1. The number of hydrogen-bond donors (Lipinski definition) is 1. The van der Waals surface area contributed by atoms with E-state index in [0.29, 0.717) is 49.9 Å². The lowest BCUT2D eigenvalue weighted by molar-refractivity contribution is -0.126. The standard InChI is InChI=1S/C23H30ClN3O3/c24-19-6-7-21-20(16-19)27(14-15-30-21)23(29)26-12-9-18(10-13-26)22(28)25-11-8-17-4-2-1-3-5-17/h4,6-7,16,18H,1-3,5,8-15H2,(H,25,28). The van der Waals surface area contributed by atoms with Crippen molar-refractivity contribution in [1.82, 2.24) is 10.2 Å². The molecule has 1 aromatic carbocycles. The number of urea groups is 1. The summed E-state index contributed by atoms with van der Waals surface area (Å²) in [6.07, 6.45) is 9.60. The van der Waals surface area contributed by atoms with Crippen LogP contribution >= 0.6 is 11.6 Å². The lowest BCUT2D eigenvalue weighted by atomic mass is 9.95. The number of halogens is 1. The van der Waals surface area contributed by atoms with E-state index < -0.39 is 0 Å². The van der Waals surface area contributed by atoms with Crippen molar-refractivity contribution in [2.24, 2.45) is 5.92 Å². The van der Waals surface area contributed by atoms with Gasteiger partial charge < -0.3 is 15.0 Å². The quantitative estimate of drug-likeness (QED) is 0.719. The number of piperidine rings is 1. The number of likely N-dealkylation sites (tertiary alicyclic amines) is 1. The number of rotatable bonds is 4. The number of carbonyl (C=O) groups is 2. The van der Waals surface area contributed by atoms with E-state index in [-0.39, 0.29) is 17.9 Å². The van der Waals surface area contributed by atoms with Crippen molar-refractivity contribution < 1.29 is 14.3 Å². The van der Waals surface area contributed by atoms with Gasteiger partial charge in [0, 0.05) is 30.6 Å². The molecule has 3 aliphatic rings. The van der Waals surface area contributed by atoms with Gasteiger partial charge in [-0.05, 0) is 63.1 Å². The van der Waals surface area contributed by atoms with E-state index in [1.807, 2.05) is 4.90 Å². The number of anilines is 1. The number of ether oxygens (including phenoxy) is 1. The van der Waals surface area contributed by atoms with E-state index in [2.05, 4.69) is 11.4 Å². The van der Waals surface area contributed by atoms with E-state index in [1.165, 1.54) is 31.3 Å². The monoisotopic (exact) mass is 431 g/mol. The minimum absolute atomic E-state index is 0.0131. The molecule has 7 heteroatoms. The molecule has 0 unspecified atom stereocenters. The van der Waals surface area contributed by atoms with Crippen LogP contribution in [0.3, 0.4) is 0 Å². The van der Waals surface area contributed by atoms with E-state index in [1.54, 1.807) is 23.1 Å².